The number of nitrogens with zero attached hydrogens (tertiary/aromatic N) is 2. The molecule has 0 aromatic carbocycles. The summed E-state index contributed by atoms with van der Waals surface area (Å²) in [4.78, 5) is 13.2. The van der Waals surface area contributed by atoms with Crippen LogP contribution in [0.3, 0.4) is 0 Å². The number of nitrogens with two attached hydrogens (primary N) is 1. The average molecular weight is 297 g/mol. The van der Waals surface area contributed by atoms with Crippen molar-refractivity contribution in [1.29, 1.82) is 0 Å². The summed E-state index contributed by atoms with van der Waals surface area (Å²) in [5, 5.41) is 11.6. The number of amidine groups is 1. The molecule has 0 aliphatic carbocycles. The Morgan fingerprint density at radius 3 is 2.05 bits per heavy atom. The molecule has 8 heteroatoms. The third kappa shape index (κ3) is 4.28. The smallest absolute Gasteiger partial charge is 0.406 e. The Labute approximate surface area is 116 Å². The number of rotatable bonds is 7. The van der Waals surface area contributed by atoms with E-state index in [1.54, 1.807) is 20.8 Å². The van der Waals surface area contributed by atoms with E-state index in [9.17, 15) is 18.0 Å². The zero-order valence-corrected chi connectivity index (χ0v) is 12.0. The second-order valence-corrected chi connectivity index (χ2v) is 4.62. The van der Waals surface area contributed by atoms with E-state index in [4.69, 9.17) is 10.9 Å². The van der Waals surface area contributed by atoms with Crippen LogP contribution in [0.1, 0.15) is 40.0 Å². The van der Waals surface area contributed by atoms with E-state index in [1.807, 2.05) is 0 Å². The first kappa shape index (κ1) is 18.5. The fourth-order valence-electron chi connectivity index (χ4n) is 2.16. The van der Waals surface area contributed by atoms with Crippen LogP contribution < -0.4 is 5.73 Å². The maximum absolute atomic E-state index is 12.6. The van der Waals surface area contributed by atoms with Gasteiger partial charge in [0.25, 0.3) is 0 Å². The maximum Gasteiger partial charge on any atom is 0.406 e. The fraction of sp³-hybridized carbons (Fsp3) is 0.833. The SMILES string of the molecule is CCCN(CC(F)(F)F)C(=O)C(CC)(CC)C(N)=NO. The molecule has 0 bridgehead atoms. The highest BCUT2D eigenvalue weighted by Crippen LogP contribution is 2.31. The van der Waals surface area contributed by atoms with Crippen molar-refractivity contribution in [2.24, 2.45) is 16.3 Å². The Balaban J connectivity index is 5.48. The molecule has 0 radical (unpaired) electrons. The first-order valence-electron chi connectivity index (χ1n) is 6.52. The first-order chi connectivity index (χ1) is 9.18. The predicted octanol–water partition coefficient (Wildman–Crippen LogP) is 2.34. The normalized spacial score (nSPS) is 13.4. The maximum atomic E-state index is 12.6. The molecule has 0 aliphatic rings. The van der Waals surface area contributed by atoms with Gasteiger partial charge in [-0.25, -0.2) is 0 Å². The summed E-state index contributed by atoms with van der Waals surface area (Å²) in [6.07, 6.45) is -3.77. The number of oxime groups is 1. The third-order valence-corrected chi connectivity index (χ3v) is 3.37. The number of hydrogen-bond acceptors (Lipinski definition) is 3. The number of halogens is 3. The monoisotopic (exact) mass is 297 g/mol. The predicted molar refractivity (Wildman–Crippen MR) is 69.3 cm³/mol. The van der Waals surface area contributed by atoms with E-state index in [-0.39, 0.29) is 25.2 Å². The molecule has 1 amide bonds. The molecular weight excluding hydrogens is 275 g/mol. The number of amides is 1. The van der Waals surface area contributed by atoms with Crippen LogP contribution in [0.2, 0.25) is 0 Å². The van der Waals surface area contributed by atoms with Gasteiger partial charge in [0.1, 0.15) is 12.0 Å². The molecule has 0 atom stereocenters. The second-order valence-electron chi connectivity index (χ2n) is 4.62. The van der Waals surface area contributed by atoms with E-state index in [0.717, 1.165) is 4.90 Å². The summed E-state index contributed by atoms with van der Waals surface area (Å²) in [5.41, 5.74) is 4.15. The van der Waals surface area contributed by atoms with Gasteiger partial charge in [-0.3, -0.25) is 4.79 Å². The lowest BCUT2D eigenvalue weighted by molar-refractivity contribution is -0.165. The van der Waals surface area contributed by atoms with Gasteiger partial charge in [0.05, 0.1) is 0 Å². The van der Waals surface area contributed by atoms with Crippen LogP contribution in [0.15, 0.2) is 5.16 Å². The molecule has 0 aromatic rings. The summed E-state index contributed by atoms with van der Waals surface area (Å²) < 4.78 is 37.7. The van der Waals surface area contributed by atoms with Gasteiger partial charge in [-0.2, -0.15) is 13.2 Å². The summed E-state index contributed by atoms with van der Waals surface area (Å²) in [5.74, 6) is -1.10. The van der Waals surface area contributed by atoms with E-state index >= 15 is 0 Å². The molecular formula is C12H22F3N3O2. The van der Waals surface area contributed by atoms with Gasteiger partial charge in [0, 0.05) is 6.54 Å². The lowest BCUT2D eigenvalue weighted by atomic mass is 9.79. The van der Waals surface area contributed by atoms with Crippen molar-refractivity contribution in [3.8, 4) is 0 Å². The van der Waals surface area contributed by atoms with Crippen LogP contribution in [0, 0.1) is 5.41 Å². The number of carbonyl (C=O) groups is 1. The first-order valence-corrected chi connectivity index (χ1v) is 6.52. The van der Waals surface area contributed by atoms with Gasteiger partial charge in [-0.15, -0.1) is 0 Å². The fourth-order valence-corrected chi connectivity index (χ4v) is 2.16. The zero-order valence-electron chi connectivity index (χ0n) is 12.0. The minimum absolute atomic E-state index is 0.0290. The molecule has 0 fully saturated rings. The van der Waals surface area contributed by atoms with Gasteiger partial charge in [0.15, 0.2) is 5.84 Å². The highest BCUT2D eigenvalue weighted by molar-refractivity contribution is 6.06. The Bertz CT molecular complexity index is 352. The number of alkyl halides is 3. The molecule has 0 saturated carbocycles. The van der Waals surface area contributed by atoms with Crippen molar-refractivity contribution in [2.75, 3.05) is 13.1 Å². The quantitative estimate of drug-likeness (QED) is 0.327. The van der Waals surface area contributed by atoms with E-state index in [2.05, 4.69) is 5.16 Å². The Kier molecular flexibility index (Phi) is 6.81. The van der Waals surface area contributed by atoms with Gasteiger partial charge < -0.3 is 15.8 Å². The highest BCUT2D eigenvalue weighted by atomic mass is 19.4. The van der Waals surface area contributed by atoms with Gasteiger partial charge in [0.2, 0.25) is 5.91 Å². The molecule has 0 aromatic heterocycles. The van der Waals surface area contributed by atoms with Crippen LogP contribution >= 0.6 is 0 Å². The second kappa shape index (κ2) is 7.35. The number of carbonyl (C=O) groups excluding carboxylic acids is 1. The van der Waals surface area contributed by atoms with Crippen LogP contribution in [0.25, 0.3) is 0 Å². The van der Waals surface area contributed by atoms with Gasteiger partial charge >= 0.3 is 6.18 Å². The van der Waals surface area contributed by atoms with Gasteiger partial charge in [-0.1, -0.05) is 25.9 Å². The molecule has 0 saturated heterocycles. The molecule has 0 heterocycles. The Morgan fingerprint density at radius 1 is 1.25 bits per heavy atom. The van der Waals surface area contributed by atoms with Crippen LogP contribution in [0.5, 0.6) is 0 Å². The van der Waals surface area contributed by atoms with Crippen molar-refractivity contribution in [3.63, 3.8) is 0 Å². The van der Waals surface area contributed by atoms with Gasteiger partial charge in [-0.05, 0) is 19.3 Å². The molecule has 0 spiro atoms. The average Bonchev–Trinajstić information content (AvgIpc) is 2.38. The summed E-state index contributed by atoms with van der Waals surface area (Å²) in [7, 11) is 0. The highest BCUT2D eigenvalue weighted by Gasteiger charge is 2.45. The molecule has 118 valence electrons. The summed E-state index contributed by atoms with van der Waals surface area (Å²) in [6, 6.07) is 0. The van der Waals surface area contributed by atoms with Crippen LogP contribution in [-0.2, 0) is 4.79 Å². The molecule has 0 aliphatic heterocycles. The minimum atomic E-state index is -4.48. The summed E-state index contributed by atoms with van der Waals surface area (Å²) >= 11 is 0. The van der Waals surface area contributed by atoms with E-state index in [1.165, 1.54) is 0 Å². The summed E-state index contributed by atoms with van der Waals surface area (Å²) in [6.45, 7) is 3.56. The molecule has 3 N–H and O–H groups in total. The van der Waals surface area contributed by atoms with Crippen molar-refractivity contribution in [3.05, 3.63) is 0 Å². The third-order valence-electron chi connectivity index (χ3n) is 3.37. The molecule has 20 heavy (non-hydrogen) atoms. The van der Waals surface area contributed by atoms with Crippen LogP contribution in [-0.4, -0.2) is 41.1 Å². The molecule has 0 unspecified atom stereocenters. The Hall–Kier alpha value is -1.47. The van der Waals surface area contributed by atoms with Crippen molar-refractivity contribution in [2.45, 2.75) is 46.2 Å². The molecule has 0 rings (SSSR count). The minimum Gasteiger partial charge on any atom is -0.409 e. The van der Waals surface area contributed by atoms with Crippen molar-refractivity contribution < 1.29 is 23.2 Å². The van der Waals surface area contributed by atoms with E-state index in [0.29, 0.717) is 6.42 Å². The lowest BCUT2D eigenvalue weighted by Crippen LogP contribution is -2.53. The van der Waals surface area contributed by atoms with E-state index < -0.39 is 24.0 Å². The standard InChI is InChI=1S/C12H22F3N3O2/c1-4-7-18(8-12(13,14)15)10(19)11(5-2,6-3)9(16)17-20/h20H,4-8H2,1-3H3,(H2,16,17). The largest absolute Gasteiger partial charge is 0.409 e. The van der Waals surface area contributed by atoms with Crippen LogP contribution in [0.4, 0.5) is 13.2 Å². The molecule has 5 nitrogen and oxygen atoms in total. The zero-order chi connectivity index (χ0) is 16.0. The topological polar surface area (TPSA) is 78.9 Å². The van der Waals surface area contributed by atoms with Crippen molar-refractivity contribution >= 4 is 11.7 Å². The number of hydrogen-bond donors (Lipinski definition) is 2. The lowest BCUT2D eigenvalue weighted by Gasteiger charge is -2.35. The van der Waals surface area contributed by atoms with Crippen molar-refractivity contribution in [1.82, 2.24) is 4.90 Å². The Morgan fingerprint density at radius 2 is 1.75 bits per heavy atom.